The summed E-state index contributed by atoms with van der Waals surface area (Å²) in [5.41, 5.74) is 0.788. The molecule has 1 N–H and O–H groups in total. The summed E-state index contributed by atoms with van der Waals surface area (Å²) in [5.74, 6) is -0.140. The van der Waals surface area contributed by atoms with Crippen LogP contribution in [-0.4, -0.2) is 52.6 Å². The highest BCUT2D eigenvalue weighted by molar-refractivity contribution is 7.89. The fraction of sp³-hybridized carbons (Fsp3) is 0.462. The topological polar surface area (TPSA) is 91.8 Å². The van der Waals surface area contributed by atoms with Crippen LogP contribution in [0.4, 0.5) is 0 Å². The van der Waals surface area contributed by atoms with Crippen molar-refractivity contribution in [3.05, 3.63) is 29.8 Å². The molecule has 0 bridgehead atoms. The summed E-state index contributed by atoms with van der Waals surface area (Å²) in [6.45, 7) is 0.547. The number of aliphatic carboxylic acids is 1. The Kier molecular flexibility index (Phi) is 5.13. The van der Waals surface area contributed by atoms with Gasteiger partial charge in [0.2, 0.25) is 10.0 Å². The van der Waals surface area contributed by atoms with E-state index in [9.17, 15) is 17.4 Å². The van der Waals surface area contributed by atoms with E-state index >= 15 is 0 Å². The van der Waals surface area contributed by atoms with Gasteiger partial charge in [0.25, 0.3) is 0 Å². The first-order chi connectivity index (χ1) is 9.89. The number of carbonyl (C=O) groups is 1. The van der Waals surface area contributed by atoms with E-state index in [1.807, 2.05) is 0 Å². The largest absolute Gasteiger partial charge is 0.481 e. The van der Waals surface area contributed by atoms with Crippen molar-refractivity contribution < 1.29 is 22.5 Å². The fourth-order valence-corrected chi connectivity index (χ4v) is 4.81. The van der Waals surface area contributed by atoms with Crippen LogP contribution in [0.5, 0.6) is 0 Å². The van der Waals surface area contributed by atoms with Crippen molar-refractivity contribution in [2.75, 3.05) is 24.6 Å². The third kappa shape index (κ3) is 4.12. The second-order valence-corrected chi connectivity index (χ2v) is 8.42. The number of benzene rings is 1. The monoisotopic (exact) mass is 331 g/mol. The maximum Gasteiger partial charge on any atom is 0.303 e. The molecule has 1 aliphatic rings. The second kappa shape index (κ2) is 6.67. The summed E-state index contributed by atoms with van der Waals surface area (Å²) >= 11 is 0. The van der Waals surface area contributed by atoms with Crippen molar-refractivity contribution >= 4 is 26.8 Å². The molecule has 8 heteroatoms. The van der Waals surface area contributed by atoms with Crippen LogP contribution in [-0.2, 0) is 32.0 Å². The minimum atomic E-state index is -3.55. The number of aryl methyl sites for hydroxylation is 1. The van der Waals surface area contributed by atoms with E-state index in [0.29, 0.717) is 17.9 Å². The van der Waals surface area contributed by atoms with E-state index in [2.05, 4.69) is 0 Å². The quantitative estimate of drug-likeness (QED) is 0.846. The number of carboxylic acids is 1. The van der Waals surface area contributed by atoms with Gasteiger partial charge >= 0.3 is 5.97 Å². The zero-order valence-corrected chi connectivity index (χ0v) is 13.0. The summed E-state index contributed by atoms with van der Waals surface area (Å²) in [4.78, 5) is 10.7. The van der Waals surface area contributed by atoms with Crippen LogP contribution in [0, 0.1) is 0 Å². The zero-order valence-electron chi connectivity index (χ0n) is 11.4. The Hall–Kier alpha value is -1.25. The van der Waals surface area contributed by atoms with Crippen molar-refractivity contribution in [3.63, 3.8) is 0 Å². The summed E-state index contributed by atoms with van der Waals surface area (Å²) in [7, 11) is -4.48. The maximum atomic E-state index is 12.4. The Morgan fingerprint density at radius 3 is 2.29 bits per heavy atom. The number of nitrogens with zero attached hydrogens (tertiary/aromatic N) is 1. The third-order valence-corrected chi connectivity index (χ3v) is 6.51. The van der Waals surface area contributed by atoms with E-state index in [0.717, 1.165) is 5.56 Å². The van der Waals surface area contributed by atoms with Crippen molar-refractivity contribution in [2.24, 2.45) is 0 Å². The molecule has 0 unspecified atom stereocenters. The van der Waals surface area contributed by atoms with Gasteiger partial charge in [-0.05, 0) is 24.1 Å². The summed E-state index contributed by atoms with van der Waals surface area (Å²) in [6, 6.07) is 6.27. The van der Waals surface area contributed by atoms with Crippen LogP contribution in [0.3, 0.4) is 0 Å². The van der Waals surface area contributed by atoms with Gasteiger partial charge < -0.3 is 5.11 Å². The lowest BCUT2D eigenvalue weighted by Crippen LogP contribution is -2.41. The molecule has 116 valence electrons. The van der Waals surface area contributed by atoms with Crippen molar-refractivity contribution in [1.29, 1.82) is 0 Å². The van der Waals surface area contributed by atoms with E-state index in [-0.39, 0.29) is 24.4 Å². The molecule has 21 heavy (non-hydrogen) atoms. The minimum Gasteiger partial charge on any atom is -0.481 e. The highest BCUT2D eigenvalue weighted by atomic mass is 32.2. The van der Waals surface area contributed by atoms with E-state index in [1.165, 1.54) is 16.4 Å². The first-order valence-electron chi connectivity index (χ1n) is 6.55. The molecule has 2 rings (SSSR count). The second-order valence-electron chi connectivity index (χ2n) is 4.79. The molecule has 1 heterocycles. The van der Waals surface area contributed by atoms with Crippen LogP contribution in [0.15, 0.2) is 29.2 Å². The summed E-state index contributed by atoms with van der Waals surface area (Å²) < 4.78 is 37.4. The number of hydrogen-bond acceptors (Lipinski definition) is 4. The molecule has 1 fully saturated rings. The molecule has 0 atom stereocenters. The van der Waals surface area contributed by atoms with Crippen LogP contribution < -0.4 is 0 Å². The Morgan fingerprint density at radius 2 is 1.76 bits per heavy atom. The van der Waals surface area contributed by atoms with E-state index in [1.54, 1.807) is 12.1 Å². The highest BCUT2D eigenvalue weighted by Crippen LogP contribution is 2.18. The number of rotatable bonds is 5. The van der Waals surface area contributed by atoms with E-state index in [4.69, 9.17) is 5.11 Å². The first kappa shape index (κ1) is 16.1. The molecular formula is C13H17NO5S2. The third-order valence-electron chi connectivity index (χ3n) is 3.33. The molecule has 1 aliphatic heterocycles. The molecule has 6 nitrogen and oxygen atoms in total. The molecule has 0 aliphatic carbocycles. The average Bonchev–Trinajstić information content (AvgIpc) is 2.46. The SMILES string of the molecule is O=C(O)CCc1ccc(S(=O)(=O)N2CCS(=O)CC2)cc1. The van der Waals surface area contributed by atoms with Gasteiger partial charge in [0, 0.05) is 41.8 Å². The first-order valence-corrected chi connectivity index (χ1v) is 9.48. The lowest BCUT2D eigenvalue weighted by Gasteiger charge is -2.25. The van der Waals surface area contributed by atoms with Gasteiger partial charge in [-0.3, -0.25) is 9.00 Å². The Morgan fingerprint density at radius 1 is 1.19 bits per heavy atom. The van der Waals surface area contributed by atoms with Gasteiger partial charge in [-0.25, -0.2) is 8.42 Å². The molecule has 0 spiro atoms. The Balaban J connectivity index is 2.10. The normalized spacial score (nSPS) is 17.7. The van der Waals surface area contributed by atoms with Crippen LogP contribution in [0.1, 0.15) is 12.0 Å². The van der Waals surface area contributed by atoms with Crippen LogP contribution in [0.25, 0.3) is 0 Å². The number of sulfonamides is 1. The smallest absolute Gasteiger partial charge is 0.303 e. The number of hydrogen-bond donors (Lipinski definition) is 1. The lowest BCUT2D eigenvalue weighted by molar-refractivity contribution is -0.136. The maximum absolute atomic E-state index is 12.4. The average molecular weight is 331 g/mol. The van der Waals surface area contributed by atoms with Gasteiger partial charge in [0.15, 0.2) is 0 Å². The van der Waals surface area contributed by atoms with Gasteiger partial charge in [-0.15, -0.1) is 0 Å². The molecule has 1 aromatic rings. The standard InChI is InChI=1S/C13H17NO5S2/c15-13(16)6-3-11-1-4-12(5-2-11)21(18,19)14-7-9-20(17)10-8-14/h1-2,4-5H,3,6-10H2,(H,15,16). The fourth-order valence-electron chi connectivity index (χ4n) is 2.09. The summed E-state index contributed by atoms with van der Waals surface area (Å²) in [6.07, 6.45) is 0.391. The minimum absolute atomic E-state index is 0.0179. The van der Waals surface area contributed by atoms with Gasteiger partial charge in [0.1, 0.15) is 0 Å². The van der Waals surface area contributed by atoms with Crippen LogP contribution >= 0.6 is 0 Å². The Labute approximate surface area is 126 Å². The van der Waals surface area contributed by atoms with Gasteiger partial charge in [-0.2, -0.15) is 4.31 Å². The molecule has 0 radical (unpaired) electrons. The molecule has 1 aromatic carbocycles. The van der Waals surface area contributed by atoms with E-state index < -0.39 is 26.8 Å². The molecule has 0 amide bonds. The molecule has 1 saturated heterocycles. The van der Waals surface area contributed by atoms with Crippen molar-refractivity contribution in [3.8, 4) is 0 Å². The predicted molar refractivity (Wildman–Crippen MR) is 79.0 cm³/mol. The number of carboxylic acid groups (broad SMARTS) is 1. The highest BCUT2D eigenvalue weighted by Gasteiger charge is 2.27. The van der Waals surface area contributed by atoms with Crippen molar-refractivity contribution in [2.45, 2.75) is 17.7 Å². The van der Waals surface area contributed by atoms with Gasteiger partial charge in [0.05, 0.1) is 4.90 Å². The molecule has 0 aromatic heterocycles. The molecular weight excluding hydrogens is 314 g/mol. The van der Waals surface area contributed by atoms with Gasteiger partial charge in [-0.1, -0.05) is 12.1 Å². The Bertz CT molecular complexity index is 629. The van der Waals surface area contributed by atoms with Crippen LogP contribution in [0.2, 0.25) is 0 Å². The summed E-state index contributed by atoms with van der Waals surface area (Å²) in [5, 5.41) is 8.62. The lowest BCUT2D eigenvalue weighted by atomic mass is 10.1. The molecule has 0 saturated carbocycles. The predicted octanol–water partition coefficient (Wildman–Crippen LogP) is 0.457. The zero-order chi connectivity index (χ0) is 15.5. The van der Waals surface area contributed by atoms with Crippen molar-refractivity contribution in [1.82, 2.24) is 4.31 Å².